The van der Waals surface area contributed by atoms with E-state index in [4.69, 9.17) is 11.6 Å². The Hall–Kier alpha value is -0.890. The number of pyridine rings is 1. The highest BCUT2D eigenvalue weighted by molar-refractivity contribution is 6.31. The Kier molecular flexibility index (Phi) is 2.60. The third-order valence-corrected chi connectivity index (χ3v) is 1.74. The Morgan fingerprint density at radius 1 is 1.73 bits per heavy atom. The molecule has 0 saturated carbocycles. The van der Waals surface area contributed by atoms with Gasteiger partial charge in [0.2, 0.25) is 0 Å². The van der Waals surface area contributed by atoms with Crippen molar-refractivity contribution in [3.05, 3.63) is 29.0 Å². The van der Waals surface area contributed by atoms with Crippen LogP contribution in [0.15, 0.2) is 18.3 Å². The third kappa shape index (κ3) is 1.77. The number of nitrogens with zero attached hydrogens (tertiary/aromatic N) is 1. The van der Waals surface area contributed by atoms with Gasteiger partial charge in [-0.3, -0.25) is 4.98 Å². The molecule has 1 rings (SSSR count). The second-order valence-corrected chi connectivity index (χ2v) is 2.70. The van der Waals surface area contributed by atoms with E-state index >= 15 is 0 Å². The molecule has 3 heteroatoms. The lowest BCUT2D eigenvalue weighted by atomic mass is 10.1. The highest BCUT2D eigenvalue weighted by Crippen LogP contribution is 2.19. The van der Waals surface area contributed by atoms with E-state index in [0.717, 1.165) is 6.29 Å². The Balaban J connectivity index is 3.02. The van der Waals surface area contributed by atoms with Crippen molar-refractivity contribution >= 4 is 17.9 Å². The molecule has 0 spiro atoms. The second-order valence-electron chi connectivity index (χ2n) is 2.30. The molecule has 1 aromatic rings. The maximum atomic E-state index is 10.4. The van der Waals surface area contributed by atoms with E-state index in [9.17, 15) is 4.79 Å². The zero-order chi connectivity index (χ0) is 8.27. The van der Waals surface area contributed by atoms with Crippen molar-refractivity contribution in [1.29, 1.82) is 0 Å². The van der Waals surface area contributed by atoms with Crippen LogP contribution < -0.4 is 0 Å². The van der Waals surface area contributed by atoms with E-state index in [1.165, 1.54) is 0 Å². The molecule has 0 aromatic carbocycles. The van der Waals surface area contributed by atoms with E-state index < -0.39 is 0 Å². The standard InChI is InChI=1S/C8H8ClNO/c1-6(5-11)8-7(9)3-2-4-10-8/h2-6H,1H3. The SMILES string of the molecule is CC(C=O)c1ncccc1Cl. The summed E-state index contributed by atoms with van der Waals surface area (Å²) in [6.07, 6.45) is 2.45. The number of carbonyl (C=O) groups excluding carboxylic acids is 1. The van der Waals surface area contributed by atoms with Crippen molar-refractivity contribution in [2.75, 3.05) is 0 Å². The predicted octanol–water partition coefficient (Wildman–Crippen LogP) is 2.04. The van der Waals surface area contributed by atoms with Gasteiger partial charge >= 0.3 is 0 Å². The first-order valence-corrected chi connectivity index (χ1v) is 3.69. The van der Waals surface area contributed by atoms with Crippen LogP contribution in [-0.2, 0) is 4.79 Å². The highest BCUT2D eigenvalue weighted by Gasteiger charge is 2.08. The zero-order valence-corrected chi connectivity index (χ0v) is 6.88. The van der Waals surface area contributed by atoms with Crippen LogP contribution in [0.5, 0.6) is 0 Å². The molecule has 1 heterocycles. The summed E-state index contributed by atoms with van der Waals surface area (Å²) >= 11 is 5.78. The molecule has 58 valence electrons. The maximum Gasteiger partial charge on any atom is 0.128 e. The van der Waals surface area contributed by atoms with Crippen molar-refractivity contribution in [3.63, 3.8) is 0 Å². The van der Waals surface area contributed by atoms with E-state index in [1.807, 2.05) is 0 Å². The van der Waals surface area contributed by atoms with Crippen molar-refractivity contribution in [2.45, 2.75) is 12.8 Å². The van der Waals surface area contributed by atoms with Gasteiger partial charge in [0.05, 0.1) is 16.6 Å². The van der Waals surface area contributed by atoms with Gasteiger partial charge in [0.25, 0.3) is 0 Å². The topological polar surface area (TPSA) is 30.0 Å². The fourth-order valence-corrected chi connectivity index (χ4v) is 1.09. The fraction of sp³-hybridized carbons (Fsp3) is 0.250. The van der Waals surface area contributed by atoms with Gasteiger partial charge in [0, 0.05) is 6.20 Å². The summed E-state index contributed by atoms with van der Waals surface area (Å²) in [4.78, 5) is 14.3. The molecule has 0 radical (unpaired) electrons. The lowest BCUT2D eigenvalue weighted by Gasteiger charge is -2.03. The number of hydrogen-bond acceptors (Lipinski definition) is 2. The molecule has 11 heavy (non-hydrogen) atoms. The van der Waals surface area contributed by atoms with Crippen molar-refractivity contribution in [2.24, 2.45) is 0 Å². The Bertz CT molecular complexity index is 262. The maximum absolute atomic E-state index is 10.4. The number of halogens is 1. The quantitative estimate of drug-likeness (QED) is 0.635. The number of rotatable bonds is 2. The molecular weight excluding hydrogens is 162 g/mol. The highest BCUT2D eigenvalue weighted by atomic mass is 35.5. The smallest absolute Gasteiger partial charge is 0.128 e. The summed E-state index contributed by atoms with van der Waals surface area (Å²) in [5.74, 6) is -0.219. The average molecular weight is 170 g/mol. The Labute approximate surface area is 70.2 Å². The molecule has 1 atom stereocenters. The molecular formula is C8H8ClNO. The van der Waals surface area contributed by atoms with Crippen LogP contribution in [0.25, 0.3) is 0 Å². The third-order valence-electron chi connectivity index (χ3n) is 1.42. The Morgan fingerprint density at radius 3 is 3.00 bits per heavy atom. The second kappa shape index (κ2) is 3.49. The predicted molar refractivity (Wildman–Crippen MR) is 43.7 cm³/mol. The lowest BCUT2D eigenvalue weighted by molar-refractivity contribution is -0.108. The first kappa shape index (κ1) is 8.21. The molecule has 1 unspecified atom stereocenters. The summed E-state index contributed by atoms with van der Waals surface area (Å²) in [6.45, 7) is 1.77. The van der Waals surface area contributed by atoms with Gasteiger partial charge in [0.1, 0.15) is 6.29 Å². The van der Waals surface area contributed by atoms with Crippen molar-refractivity contribution in [1.82, 2.24) is 4.98 Å². The molecule has 0 aliphatic rings. The Morgan fingerprint density at radius 2 is 2.45 bits per heavy atom. The minimum atomic E-state index is -0.219. The van der Waals surface area contributed by atoms with Crippen LogP contribution >= 0.6 is 11.6 Å². The molecule has 0 aliphatic carbocycles. The van der Waals surface area contributed by atoms with Gasteiger partial charge in [-0.05, 0) is 12.1 Å². The molecule has 0 N–H and O–H groups in total. The van der Waals surface area contributed by atoms with Gasteiger partial charge in [-0.15, -0.1) is 0 Å². The monoisotopic (exact) mass is 169 g/mol. The molecule has 2 nitrogen and oxygen atoms in total. The van der Waals surface area contributed by atoms with E-state index in [-0.39, 0.29) is 5.92 Å². The minimum absolute atomic E-state index is 0.219. The van der Waals surface area contributed by atoms with E-state index in [2.05, 4.69) is 4.98 Å². The number of hydrogen-bond donors (Lipinski definition) is 0. The lowest BCUT2D eigenvalue weighted by Crippen LogP contribution is -1.97. The average Bonchev–Trinajstić information content (AvgIpc) is 2.04. The van der Waals surface area contributed by atoms with Crippen LogP contribution in [0.1, 0.15) is 18.5 Å². The van der Waals surface area contributed by atoms with Gasteiger partial charge in [-0.2, -0.15) is 0 Å². The molecule has 0 saturated heterocycles. The number of aromatic nitrogens is 1. The summed E-state index contributed by atoms with van der Waals surface area (Å²) in [6, 6.07) is 3.47. The van der Waals surface area contributed by atoms with Crippen LogP contribution in [-0.4, -0.2) is 11.3 Å². The molecule has 0 fully saturated rings. The van der Waals surface area contributed by atoms with Crippen molar-refractivity contribution in [3.8, 4) is 0 Å². The van der Waals surface area contributed by atoms with Crippen LogP contribution in [0.4, 0.5) is 0 Å². The van der Waals surface area contributed by atoms with Crippen molar-refractivity contribution < 1.29 is 4.79 Å². The van der Waals surface area contributed by atoms with Gasteiger partial charge in [-0.25, -0.2) is 0 Å². The number of carbonyl (C=O) groups is 1. The zero-order valence-electron chi connectivity index (χ0n) is 6.12. The van der Waals surface area contributed by atoms with Gasteiger partial charge < -0.3 is 4.79 Å². The minimum Gasteiger partial charge on any atom is -0.303 e. The molecule has 1 aromatic heterocycles. The first-order valence-electron chi connectivity index (χ1n) is 3.31. The largest absolute Gasteiger partial charge is 0.303 e. The normalized spacial score (nSPS) is 12.5. The molecule has 0 bridgehead atoms. The summed E-state index contributed by atoms with van der Waals surface area (Å²) in [5, 5.41) is 0.548. The molecule has 0 amide bonds. The summed E-state index contributed by atoms with van der Waals surface area (Å²) in [5.41, 5.74) is 0.643. The van der Waals surface area contributed by atoms with E-state index in [1.54, 1.807) is 25.3 Å². The first-order chi connectivity index (χ1) is 5.25. The summed E-state index contributed by atoms with van der Waals surface area (Å²) < 4.78 is 0. The number of aldehydes is 1. The fourth-order valence-electron chi connectivity index (χ4n) is 0.797. The van der Waals surface area contributed by atoms with Crippen LogP contribution in [0.3, 0.4) is 0 Å². The van der Waals surface area contributed by atoms with Crippen LogP contribution in [0.2, 0.25) is 5.02 Å². The molecule has 0 aliphatic heterocycles. The van der Waals surface area contributed by atoms with Crippen LogP contribution in [0, 0.1) is 0 Å². The summed E-state index contributed by atoms with van der Waals surface area (Å²) in [7, 11) is 0. The van der Waals surface area contributed by atoms with Gasteiger partial charge in [0.15, 0.2) is 0 Å². The van der Waals surface area contributed by atoms with Gasteiger partial charge in [-0.1, -0.05) is 18.5 Å². The van der Waals surface area contributed by atoms with E-state index in [0.29, 0.717) is 10.7 Å².